The van der Waals surface area contributed by atoms with Crippen LogP contribution in [0.25, 0.3) is 6.08 Å². The van der Waals surface area contributed by atoms with Crippen molar-refractivity contribution < 1.29 is 14.3 Å². The van der Waals surface area contributed by atoms with Crippen molar-refractivity contribution in [2.75, 3.05) is 19.7 Å². The number of carbonyl (C=O) groups excluding carboxylic acids is 2. The lowest BCUT2D eigenvalue weighted by atomic mass is 10.2. The third kappa shape index (κ3) is 7.98. The molecule has 21 heavy (non-hydrogen) atoms. The fraction of sp³-hybridized carbons (Fsp3) is 0.286. The molecule has 0 aromatic heterocycles. The number of halogens is 1. The van der Waals surface area contributed by atoms with E-state index in [-0.39, 0.29) is 6.03 Å². The second-order valence-corrected chi connectivity index (χ2v) is 4.85. The number of benzene rings is 1. The standard InChI is InChI=1S/C14H18BrN3O3/c1-2-21-14(20)18-9-8-17-13(19)16-7-6-11-4-3-5-12(15)10-11/h3-7,10H,2,8-9H2,1H3,(H,18,20)(H2,16,17,19)/b7-6+. The van der Waals surface area contributed by atoms with E-state index in [0.717, 1.165) is 10.0 Å². The third-order valence-electron chi connectivity index (χ3n) is 2.29. The molecule has 0 bridgehead atoms. The van der Waals surface area contributed by atoms with E-state index in [2.05, 4.69) is 36.6 Å². The highest BCUT2D eigenvalue weighted by molar-refractivity contribution is 9.10. The van der Waals surface area contributed by atoms with E-state index >= 15 is 0 Å². The topological polar surface area (TPSA) is 79.5 Å². The molecule has 1 aromatic carbocycles. The predicted molar refractivity (Wildman–Crippen MR) is 84.7 cm³/mol. The molecule has 0 fully saturated rings. The summed E-state index contributed by atoms with van der Waals surface area (Å²) in [6, 6.07) is 7.34. The minimum Gasteiger partial charge on any atom is -0.450 e. The average Bonchev–Trinajstić information content (AvgIpc) is 2.44. The Morgan fingerprint density at radius 1 is 1.29 bits per heavy atom. The third-order valence-corrected chi connectivity index (χ3v) is 2.79. The molecule has 1 rings (SSSR count). The Balaban J connectivity index is 2.18. The Morgan fingerprint density at radius 3 is 2.76 bits per heavy atom. The van der Waals surface area contributed by atoms with Crippen molar-refractivity contribution >= 4 is 34.1 Å². The minimum atomic E-state index is -0.491. The maximum absolute atomic E-state index is 11.4. The predicted octanol–water partition coefficient (Wildman–Crippen LogP) is 2.47. The Hall–Kier alpha value is -2.02. The molecule has 0 aliphatic rings. The number of alkyl carbamates (subject to hydrolysis) is 1. The smallest absolute Gasteiger partial charge is 0.407 e. The van der Waals surface area contributed by atoms with Crippen molar-refractivity contribution in [3.63, 3.8) is 0 Å². The first-order valence-electron chi connectivity index (χ1n) is 6.49. The zero-order chi connectivity index (χ0) is 15.5. The summed E-state index contributed by atoms with van der Waals surface area (Å²) in [5.41, 5.74) is 0.966. The van der Waals surface area contributed by atoms with Crippen LogP contribution in [-0.4, -0.2) is 31.8 Å². The second kappa shape index (κ2) is 9.82. The molecule has 0 spiro atoms. The molecule has 0 saturated carbocycles. The van der Waals surface area contributed by atoms with Gasteiger partial charge in [-0.15, -0.1) is 0 Å². The second-order valence-electron chi connectivity index (χ2n) is 3.94. The van der Waals surface area contributed by atoms with Gasteiger partial charge in [0.1, 0.15) is 0 Å². The molecule has 3 amide bonds. The first-order valence-corrected chi connectivity index (χ1v) is 7.28. The molecule has 0 radical (unpaired) electrons. The Bertz CT molecular complexity index is 506. The number of nitrogens with one attached hydrogen (secondary N) is 3. The van der Waals surface area contributed by atoms with Crippen LogP contribution in [0.3, 0.4) is 0 Å². The molecule has 6 nitrogen and oxygen atoms in total. The maximum Gasteiger partial charge on any atom is 0.407 e. The van der Waals surface area contributed by atoms with Crippen LogP contribution in [0.2, 0.25) is 0 Å². The van der Waals surface area contributed by atoms with Gasteiger partial charge >= 0.3 is 12.1 Å². The maximum atomic E-state index is 11.4. The Labute approximate surface area is 132 Å². The van der Waals surface area contributed by atoms with Gasteiger partial charge in [0.05, 0.1) is 6.61 Å². The fourth-order valence-electron chi connectivity index (χ4n) is 1.40. The normalized spacial score (nSPS) is 10.2. The van der Waals surface area contributed by atoms with Gasteiger partial charge in [0, 0.05) is 23.8 Å². The largest absolute Gasteiger partial charge is 0.450 e. The van der Waals surface area contributed by atoms with Crippen molar-refractivity contribution in [3.05, 3.63) is 40.5 Å². The number of carbonyl (C=O) groups is 2. The van der Waals surface area contributed by atoms with Gasteiger partial charge in [0.25, 0.3) is 0 Å². The van der Waals surface area contributed by atoms with Crippen LogP contribution in [0.1, 0.15) is 12.5 Å². The molecule has 0 aliphatic heterocycles. The lowest BCUT2D eigenvalue weighted by Crippen LogP contribution is -2.38. The lowest BCUT2D eigenvalue weighted by molar-refractivity contribution is 0.152. The molecular weight excluding hydrogens is 338 g/mol. The number of rotatable bonds is 6. The lowest BCUT2D eigenvalue weighted by Gasteiger charge is -2.06. The van der Waals surface area contributed by atoms with E-state index in [4.69, 9.17) is 0 Å². The summed E-state index contributed by atoms with van der Waals surface area (Å²) in [7, 11) is 0. The first-order chi connectivity index (χ1) is 10.1. The van der Waals surface area contributed by atoms with Gasteiger partial charge in [0.15, 0.2) is 0 Å². The molecule has 0 unspecified atom stereocenters. The van der Waals surface area contributed by atoms with Gasteiger partial charge in [-0.25, -0.2) is 9.59 Å². The molecular formula is C14H18BrN3O3. The highest BCUT2D eigenvalue weighted by Crippen LogP contribution is 2.12. The quantitative estimate of drug-likeness (QED) is 0.685. The van der Waals surface area contributed by atoms with Gasteiger partial charge in [-0.3, -0.25) is 0 Å². The molecule has 7 heteroatoms. The van der Waals surface area contributed by atoms with Gasteiger partial charge < -0.3 is 20.7 Å². The Morgan fingerprint density at radius 2 is 2.05 bits per heavy atom. The highest BCUT2D eigenvalue weighted by atomic mass is 79.9. The van der Waals surface area contributed by atoms with Crippen molar-refractivity contribution in [2.45, 2.75) is 6.92 Å². The van der Waals surface area contributed by atoms with Crippen molar-refractivity contribution in [3.8, 4) is 0 Å². The zero-order valence-corrected chi connectivity index (χ0v) is 13.3. The van der Waals surface area contributed by atoms with Crippen LogP contribution in [-0.2, 0) is 4.74 Å². The van der Waals surface area contributed by atoms with Crippen molar-refractivity contribution in [2.24, 2.45) is 0 Å². The zero-order valence-electron chi connectivity index (χ0n) is 11.7. The van der Waals surface area contributed by atoms with Crippen molar-refractivity contribution in [1.29, 1.82) is 0 Å². The summed E-state index contributed by atoms with van der Waals surface area (Å²) < 4.78 is 5.65. The molecule has 0 heterocycles. The first kappa shape index (κ1) is 17.0. The van der Waals surface area contributed by atoms with E-state index in [0.29, 0.717) is 19.7 Å². The molecule has 3 N–H and O–H groups in total. The summed E-state index contributed by atoms with van der Waals surface area (Å²) in [5, 5.41) is 7.67. The van der Waals surface area contributed by atoms with E-state index in [1.54, 1.807) is 19.2 Å². The molecule has 0 saturated heterocycles. The monoisotopic (exact) mass is 355 g/mol. The Kier molecular flexibility index (Phi) is 7.96. The van der Waals surface area contributed by atoms with Crippen LogP contribution in [0.15, 0.2) is 34.9 Å². The highest BCUT2D eigenvalue weighted by Gasteiger charge is 2.00. The van der Waals surface area contributed by atoms with Crippen molar-refractivity contribution in [1.82, 2.24) is 16.0 Å². The summed E-state index contributed by atoms with van der Waals surface area (Å²) >= 11 is 3.37. The van der Waals surface area contributed by atoms with Gasteiger partial charge in [-0.2, -0.15) is 0 Å². The minimum absolute atomic E-state index is 0.307. The number of amides is 3. The van der Waals surface area contributed by atoms with Crippen LogP contribution in [0, 0.1) is 0 Å². The molecule has 0 aliphatic carbocycles. The summed E-state index contributed by atoms with van der Waals surface area (Å²) in [5.74, 6) is 0. The van der Waals surface area contributed by atoms with Crippen LogP contribution in [0.5, 0.6) is 0 Å². The molecule has 1 aromatic rings. The van der Waals surface area contributed by atoms with E-state index in [9.17, 15) is 9.59 Å². The van der Waals surface area contributed by atoms with E-state index in [1.165, 1.54) is 0 Å². The fourth-order valence-corrected chi connectivity index (χ4v) is 1.81. The number of urea groups is 1. The summed E-state index contributed by atoms with van der Waals surface area (Å²) in [6.45, 7) is 2.67. The summed E-state index contributed by atoms with van der Waals surface area (Å²) in [6.07, 6.45) is 2.84. The number of hydrogen-bond acceptors (Lipinski definition) is 3. The van der Waals surface area contributed by atoms with E-state index in [1.807, 2.05) is 24.3 Å². The molecule has 0 atom stereocenters. The van der Waals surface area contributed by atoms with Gasteiger partial charge in [0.2, 0.25) is 0 Å². The van der Waals surface area contributed by atoms with E-state index < -0.39 is 6.09 Å². The van der Waals surface area contributed by atoms with Crippen LogP contribution >= 0.6 is 15.9 Å². The molecule has 114 valence electrons. The number of hydrogen-bond donors (Lipinski definition) is 3. The van der Waals surface area contributed by atoms with Crippen LogP contribution < -0.4 is 16.0 Å². The number of ether oxygens (including phenoxy) is 1. The van der Waals surface area contributed by atoms with Crippen LogP contribution in [0.4, 0.5) is 9.59 Å². The SMILES string of the molecule is CCOC(=O)NCCNC(=O)N/C=C/c1cccc(Br)c1. The van der Waals surface area contributed by atoms with Gasteiger partial charge in [-0.05, 0) is 30.7 Å². The van der Waals surface area contributed by atoms with Gasteiger partial charge in [-0.1, -0.05) is 28.1 Å². The average molecular weight is 356 g/mol. The summed E-state index contributed by atoms with van der Waals surface area (Å²) in [4.78, 5) is 22.4.